The number of nitro groups is 1. The van der Waals surface area contributed by atoms with Crippen LogP contribution in [0.2, 0.25) is 0 Å². The molecular formula is C13H16FIN2O3. The number of aliphatic hydroxyl groups is 1. The van der Waals surface area contributed by atoms with Crippen LogP contribution in [0.5, 0.6) is 0 Å². The molecular weight excluding hydrogens is 378 g/mol. The third-order valence-corrected chi connectivity index (χ3v) is 4.46. The van der Waals surface area contributed by atoms with Crippen LogP contribution in [0.4, 0.5) is 15.8 Å². The molecule has 1 aliphatic carbocycles. The van der Waals surface area contributed by atoms with Crippen LogP contribution in [0.1, 0.15) is 25.7 Å². The second-order valence-electron chi connectivity index (χ2n) is 4.87. The monoisotopic (exact) mass is 394 g/mol. The van der Waals surface area contributed by atoms with Crippen LogP contribution in [-0.2, 0) is 0 Å². The zero-order valence-electron chi connectivity index (χ0n) is 10.9. The maximum atomic E-state index is 13.8. The zero-order valence-corrected chi connectivity index (χ0v) is 13.0. The maximum absolute atomic E-state index is 13.8. The van der Waals surface area contributed by atoms with E-state index >= 15 is 0 Å². The number of nitrogens with zero attached hydrogens (tertiary/aromatic N) is 2. The molecule has 0 aliphatic heterocycles. The van der Waals surface area contributed by atoms with Gasteiger partial charge in [0.25, 0.3) is 5.69 Å². The van der Waals surface area contributed by atoms with E-state index in [9.17, 15) is 19.6 Å². The molecule has 0 saturated heterocycles. The summed E-state index contributed by atoms with van der Waals surface area (Å²) in [5.74, 6) is -0.466. The van der Waals surface area contributed by atoms with E-state index in [1.165, 1.54) is 12.1 Å². The largest absolute Gasteiger partial charge is 0.395 e. The van der Waals surface area contributed by atoms with Crippen LogP contribution in [0.15, 0.2) is 12.1 Å². The summed E-state index contributed by atoms with van der Waals surface area (Å²) in [6.07, 6.45) is 3.97. The summed E-state index contributed by atoms with van der Waals surface area (Å²) in [6.45, 7) is 0.173. The lowest BCUT2D eigenvalue weighted by atomic mass is 10.1. The number of halogens is 2. The van der Waals surface area contributed by atoms with Crippen molar-refractivity contribution in [1.82, 2.24) is 0 Å². The van der Waals surface area contributed by atoms with Gasteiger partial charge in [-0.1, -0.05) is 12.8 Å². The van der Waals surface area contributed by atoms with Gasteiger partial charge in [0.2, 0.25) is 0 Å². The van der Waals surface area contributed by atoms with E-state index in [-0.39, 0.29) is 34.1 Å². The summed E-state index contributed by atoms with van der Waals surface area (Å²) in [4.78, 5) is 12.5. The van der Waals surface area contributed by atoms with Crippen LogP contribution in [0.3, 0.4) is 0 Å². The molecule has 1 fully saturated rings. The third-order valence-electron chi connectivity index (χ3n) is 3.63. The summed E-state index contributed by atoms with van der Waals surface area (Å²) in [5, 5.41) is 20.4. The van der Waals surface area contributed by atoms with Gasteiger partial charge in [-0.2, -0.15) is 0 Å². The predicted octanol–water partition coefficient (Wildman–Crippen LogP) is 3.08. The Labute approximate surface area is 130 Å². The molecule has 1 aliphatic rings. The lowest BCUT2D eigenvalue weighted by molar-refractivity contribution is -0.384. The van der Waals surface area contributed by atoms with Crippen LogP contribution in [0.25, 0.3) is 0 Å². The highest BCUT2D eigenvalue weighted by Gasteiger charge is 2.29. The van der Waals surface area contributed by atoms with Gasteiger partial charge in [0.1, 0.15) is 11.5 Å². The number of hydrogen-bond donors (Lipinski definition) is 1. The van der Waals surface area contributed by atoms with Gasteiger partial charge >= 0.3 is 0 Å². The minimum atomic E-state index is -0.490. The van der Waals surface area contributed by atoms with Gasteiger partial charge in [0.05, 0.1) is 15.1 Å². The molecule has 0 atom stereocenters. The Kier molecular flexibility index (Phi) is 5.14. The molecule has 1 aromatic carbocycles. The summed E-state index contributed by atoms with van der Waals surface area (Å²) in [6, 6.07) is 2.61. The van der Waals surface area contributed by atoms with Crippen molar-refractivity contribution >= 4 is 34.0 Å². The first-order valence-corrected chi connectivity index (χ1v) is 7.63. The van der Waals surface area contributed by atoms with Gasteiger partial charge in [0, 0.05) is 24.7 Å². The highest BCUT2D eigenvalue weighted by Crippen LogP contribution is 2.36. The normalized spacial score (nSPS) is 15.6. The van der Waals surface area contributed by atoms with E-state index in [1.54, 1.807) is 27.5 Å². The predicted molar refractivity (Wildman–Crippen MR) is 82.5 cm³/mol. The van der Waals surface area contributed by atoms with Crippen LogP contribution >= 0.6 is 22.6 Å². The average Bonchev–Trinajstić information content (AvgIpc) is 2.92. The molecule has 0 amide bonds. The molecule has 0 aromatic heterocycles. The van der Waals surface area contributed by atoms with E-state index in [2.05, 4.69) is 0 Å². The summed E-state index contributed by atoms with van der Waals surface area (Å²) in [5.41, 5.74) is 0.171. The molecule has 0 bridgehead atoms. The number of rotatable bonds is 5. The standard InChI is InChI=1S/C13H16FIN2O3/c14-10-7-12(13(17(19)20)8-11(10)15)16(5-6-18)9-3-1-2-4-9/h7-9,18H,1-6H2. The quantitative estimate of drug-likeness (QED) is 0.474. The van der Waals surface area contributed by atoms with E-state index < -0.39 is 10.7 Å². The van der Waals surface area contributed by atoms with Crippen LogP contribution in [0, 0.1) is 19.5 Å². The maximum Gasteiger partial charge on any atom is 0.293 e. The molecule has 0 unspecified atom stereocenters. The zero-order chi connectivity index (χ0) is 14.7. The summed E-state index contributed by atoms with van der Waals surface area (Å²) >= 11 is 1.75. The average molecular weight is 394 g/mol. The van der Waals surface area contributed by atoms with Crippen LogP contribution < -0.4 is 4.90 Å². The Morgan fingerprint density at radius 1 is 1.45 bits per heavy atom. The Balaban J connectivity index is 2.45. The van der Waals surface area contributed by atoms with Crippen molar-refractivity contribution in [1.29, 1.82) is 0 Å². The van der Waals surface area contributed by atoms with Crippen molar-refractivity contribution in [3.05, 3.63) is 31.6 Å². The molecule has 7 heteroatoms. The van der Waals surface area contributed by atoms with E-state index in [1.807, 2.05) is 0 Å². The summed E-state index contributed by atoms with van der Waals surface area (Å²) in [7, 11) is 0. The fourth-order valence-corrected chi connectivity index (χ4v) is 3.18. The van der Waals surface area contributed by atoms with Gasteiger partial charge < -0.3 is 10.0 Å². The van der Waals surface area contributed by atoms with Gasteiger partial charge in [-0.3, -0.25) is 10.1 Å². The minimum absolute atomic E-state index is 0.101. The van der Waals surface area contributed by atoms with Gasteiger partial charge in [0.15, 0.2) is 0 Å². The molecule has 1 N–H and O–H groups in total. The van der Waals surface area contributed by atoms with E-state index in [0.717, 1.165) is 25.7 Å². The molecule has 0 radical (unpaired) electrons. The molecule has 5 nitrogen and oxygen atoms in total. The number of hydrogen-bond acceptors (Lipinski definition) is 4. The topological polar surface area (TPSA) is 66.6 Å². The minimum Gasteiger partial charge on any atom is -0.395 e. The molecule has 1 saturated carbocycles. The number of nitro benzene ring substituents is 1. The van der Waals surface area contributed by atoms with Crippen molar-refractivity contribution in [2.75, 3.05) is 18.1 Å². The Morgan fingerprint density at radius 2 is 2.10 bits per heavy atom. The van der Waals surface area contributed by atoms with Gasteiger partial charge in [-0.05, 0) is 35.4 Å². The number of aliphatic hydroxyl groups excluding tert-OH is 1. The smallest absolute Gasteiger partial charge is 0.293 e. The van der Waals surface area contributed by atoms with E-state index in [4.69, 9.17) is 0 Å². The molecule has 2 rings (SSSR count). The van der Waals surface area contributed by atoms with Crippen molar-refractivity contribution in [2.45, 2.75) is 31.7 Å². The highest BCUT2D eigenvalue weighted by molar-refractivity contribution is 14.1. The molecule has 0 spiro atoms. The molecule has 0 heterocycles. The Bertz CT molecular complexity index is 507. The third kappa shape index (κ3) is 3.20. The molecule has 1 aromatic rings. The highest BCUT2D eigenvalue weighted by atomic mass is 127. The fraction of sp³-hybridized carbons (Fsp3) is 0.538. The lowest BCUT2D eigenvalue weighted by Crippen LogP contribution is -2.36. The van der Waals surface area contributed by atoms with Crippen molar-refractivity contribution in [3.63, 3.8) is 0 Å². The van der Waals surface area contributed by atoms with Gasteiger partial charge in [-0.15, -0.1) is 0 Å². The summed E-state index contributed by atoms with van der Waals surface area (Å²) < 4.78 is 14.0. The van der Waals surface area contributed by atoms with Gasteiger partial charge in [-0.25, -0.2) is 4.39 Å². The Morgan fingerprint density at radius 3 is 2.65 bits per heavy atom. The second-order valence-corrected chi connectivity index (χ2v) is 6.03. The number of anilines is 1. The molecule has 110 valence electrons. The number of benzene rings is 1. The Hall–Kier alpha value is -0.960. The van der Waals surface area contributed by atoms with E-state index in [0.29, 0.717) is 0 Å². The second kappa shape index (κ2) is 6.66. The van der Waals surface area contributed by atoms with Crippen molar-refractivity contribution < 1.29 is 14.4 Å². The fourth-order valence-electron chi connectivity index (χ4n) is 2.73. The van der Waals surface area contributed by atoms with Crippen LogP contribution in [-0.4, -0.2) is 29.2 Å². The molecule has 20 heavy (non-hydrogen) atoms. The van der Waals surface area contributed by atoms with Crippen molar-refractivity contribution in [3.8, 4) is 0 Å². The van der Waals surface area contributed by atoms with Crippen molar-refractivity contribution in [2.24, 2.45) is 0 Å². The first-order chi connectivity index (χ1) is 9.54. The lowest BCUT2D eigenvalue weighted by Gasteiger charge is -2.30. The first-order valence-electron chi connectivity index (χ1n) is 6.55. The first kappa shape index (κ1) is 15.4. The SMILES string of the molecule is O=[N+]([O-])c1cc(I)c(F)cc1N(CCO)C1CCCC1.